The predicted octanol–water partition coefficient (Wildman–Crippen LogP) is 3.66. The molecular weight excluding hydrogens is 1000 g/mol. The Morgan fingerprint density at radius 3 is 1.94 bits per heavy atom. The lowest BCUT2D eigenvalue weighted by molar-refractivity contribution is -0.151. The molecule has 25 heteroatoms. The van der Waals surface area contributed by atoms with Gasteiger partial charge in [-0.2, -0.15) is 8.68 Å². The van der Waals surface area contributed by atoms with Gasteiger partial charge in [-0.15, -0.1) is 15.7 Å². The minimum Gasteiger partial charge on any atom is -0.470 e. The number of anilines is 1. The van der Waals surface area contributed by atoms with Gasteiger partial charge < -0.3 is 29.7 Å². The average molecular weight is 1070 g/mol. The third-order valence-electron chi connectivity index (χ3n) is 12.2. The van der Waals surface area contributed by atoms with E-state index in [-0.39, 0.29) is 102 Å². The van der Waals surface area contributed by atoms with Crippen LogP contribution in [0.25, 0.3) is 0 Å². The topological polar surface area (TPSA) is 284 Å². The molecule has 1 fully saturated rings. The number of fused-ring (bicyclic) bond motifs is 1. The smallest absolute Gasteiger partial charge is 0.306 e. The van der Waals surface area contributed by atoms with Crippen LogP contribution in [0, 0.1) is 29.6 Å². The van der Waals surface area contributed by atoms with E-state index in [4.69, 9.17) is 14.2 Å². The molecule has 0 aromatic carbocycles. The average Bonchev–Trinajstić information content (AvgIpc) is 3.98. The van der Waals surface area contributed by atoms with Gasteiger partial charge in [0.1, 0.15) is 50.0 Å². The number of nitrogens with one attached hydrogen (secondary N) is 3. The summed E-state index contributed by atoms with van der Waals surface area (Å²) in [6, 6.07) is 0.783. The van der Waals surface area contributed by atoms with Crippen molar-refractivity contribution in [1.29, 1.82) is 0 Å². The van der Waals surface area contributed by atoms with E-state index in [0.717, 1.165) is 16.0 Å². The van der Waals surface area contributed by atoms with Crippen LogP contribution in [0.3, 0.4) is 0 Å². The van der Waals surface area contributed by atoms with E-state index in [2.05, 4.69) is 19.4 Å². The molecule has 0 aliphatic carbocycles. The van der Waals surface area contributed by atoms with Crippen LogP contribution in [-0.4, -0.2) is 142 Å². The number of hydrogen-bond acceptors (Lipinski definition) is 21. The number of esters is 1. The summed E-state index contributed by atoms with van der Waals surface area (Å²) in [5.41, 5.74) is 0.00500. The standard InChI is InChI=1S/C46H71N7O14S4/c1-11-47-35-25-52(10)71(63,64)45-34(35)23-41(68-45)70(61,62)51-43(60)31(6)22-39(58)30(5)21-38(57)29(4)20-37(56)28(3)19-36(55)27(2)18-32(54)12-13-40(59)67-33(24-48-46(7,8)9)26-66-44-42(49-69-50-44)53-14-16-65-17-15-53/h23,27-31,33,35,47-48H,11-22,24-26H2,1-10H3,(H,51,60)/t27?,28?,29?,30?,31?,33?,35-/m1/s1. The van der Waals surface area contributed by atoms with Crippen molar-refractivity contribution in [2.75, 3.05) is 64.5 Å². The van der Waals surface area contributed by atoms with Crippen LogP contribution in [0.5, 0.6) is 5.88 Å². The van der Waals surface area contributed by atoms with Gasteiger partial charge in [-0.3, -0.25) is 33.6 Å². The number of rotatable bonds is 29. The summed E-state index contributed by atoms with van der Waals surface area (Å²) in [6.07, 6.45) is -2.18. The molecule has 2 aromatic heterocycles. The number of aromatic nitrogens is 2. The predicted molar refractivity (Wildman–Crippen MR) is 265 cm³/mol. The highest BCUT2D eigenvalue weighted by Crippen LogP contribution is 2.39. The van der Waals surface area contributed by atoms with E-state index < -0.39 is 79.4 Å². The van der Waals surface area contributed by atoms with Crippen molar-refractivity contribution in [1.82, 2.24) is 28.4 Å². The number of ether oxygens (including phenoxy) is 3. The summed E-state index contributed by atoms with van der Waals surface area (Å²) in [6.45, 7) is 18.6. The summed E-state index contributed by atoms with van der Waals surface area (Å²) in [5.74, 6) is -6.76. The van der Waals surface area contributed by atoms with E-state index in [1.165, 1.54) is 27.0 Å². The highest BCUT2D eigenvalue weighted by atomic mass is 32.3. The summed E-state index contributed by atoms with van der Waals surface area (Å²) in [7, 11) is -7.05. The SMILES string of the molecule is CCN[C@@H]1CN(C)S(=O)(=O)c2sc(S(=O)(=O)NC(=O)C(C)CC(=O)C(C)CC(=O)C(C)CC(=O)C(C)CC(=O)C(C)CC(=O)CCC(=O)OC(CNC(C)(C)C)COc3nsnc3N3CCOCC3)cc21. The van der Waals surface area contributed by atoms with E-state index in [1.807, 2.05) is 37.3 Å². The van der Waals surface area contributed by atoms with Crippen molar-refractivity contribution in [3.05, 3.63) is 11.6 Å². The van der Waals surface area contributed by atoms with Crippen molar-refractivity contribution in [3.63, 3.8) is 0 Å². The second-order valence-electron chi connectivity index (χ2n) is 19.6. The van der Waals surface area contributed by atoms with E-state index in [9.17, 15) is 50.4 Å². The number of carbonyl (C=O) groups excluding carboxylic acids is 7. The quantitative estimate of drug-likeness (QED) is 0.0980. The lowest BCUT2D eigenvalue weighted by Crippen LogP contribution is -2.44. The van der Waals surface area contributed by atoms with Gasteiger partial charge in [-0.1, -0.05) is 41.5 Å². The van der Waals surface area contributed by atoms with Crippen molar-refractivity contribution in [3.8, 4) is 5.88 Å². The fraction of sp³-hybridized carbons (Fsp3) is 0.717. The first-order valence-corrected chi connectivity index (χ1v) is 28.4. The number of likely N-dealkylation sites (N-methyl/N-ethyl adjacent to an activating group) is 2. The van der Waals surface area contributed by atoms with Gasteiger partial charge in [-0.25, -0.2) is 21.6 Å². The number of ketones is 5. The number of amides is 1. The molecule has 1 amide bonds. The minimum atomic E-state index is -4.50. The molecule has 1 saturated heterocycles. The van der Waals surface area contributed by atoms with Crippen LogP contribution in [0.4, 0.5) is 5.82 Å². The van der Waals surface area contributed by atoms with Crippen LogP contribution >= 0.6 is 23.1 Å². The molecule has 0 saturated carbocycles. The zero-order valence-corrected chi connectivity index (χ0v) is 45.6. The highest BCUT2D eigenvalue weighted by molar-refractivity contribution is 7.94. The van der Waals surface area contributed by atoms with Crippen LogP contribution in [0.2, 0.25) is 0 Å². The Kier molecular flexibility index (Phi) is 21.9. The Morgan fingerprint density at radius 1 is 0.845 bits per heavy atom. The second-order valence-corrected chi connectivity index (χ2v) is 25.4. The molecule has 0 radical (unpaired) electrons. The molecule has 4 rings (SSSR count). The van der Waals surface area contributed by atoms with Gasteiger partial charge in [0.15, 0.2) is 0 Å². The molecule has 2 aliphatic rings. The summed E-state index contributed by atoms with van der Waals surface area (Å²) in [4.78, 5) is 93.5. The van der Waals surface area contributed by atoms with Gasteiger partial charge in [-0.05, 0) is 33.4 Å². The molecule has 7 atom stereocenters. The first-order valence-electron chi connectivity index (χ1n) is 23.9. The zero-order chi connectivity index (χ0) is 53.0. The molecule has 4 heterocycles. The Morgan fingerprint density at radius 2 is 1.39 bits per heavy atom. The number of carbonyl (C=O) groups is 7. The normalized spacial score (nSPS) is 18.8. The lowest BCUT2D eigenvalue weighted by Gasteiger charge is -2.29. The maximum atomic E-state index is 13.3. The van der Waals surface area contributed by atoms with Crippen molar-refractivity contribution in [2.24, 2.45) is 29.6 Å². The molecule has 2 aromatic rings. The number of morpholine rings is 1. The van der Waals surface area contributed by atoms with Crippen LogP contribution < -0.4 is 25.0 Å². The minimum absolute atomic E-state index is 0.00545. The maximum absolute atomic E-state index is 13.3. The Balaban J connectivity index is 1.18. The van der Waals surface area contributed by atoms with Crippen LogP contribution in [0.15, 0.2) is 14.5 Å². The van der Waals surface area contributed by atoms with E-state index in [0.29, 0.717) is 61.4 Å². The molecule has 6 unspecified atom stereocenters. The first kappa shape index (κ1) is 59.5. The Labute approximate surface area is 425 Å². The van der Waals surface area contributed by atoms with Gasteiger partial charge >= 0.3 is 5.97 Å². The van der Waals surface area contributed by atoms with Crippen molar-refractivity contribution < 1.29 is 64.6 Å². The van der Waals surface area contributed by atoms with Gasteiger partial charge in [0.25, 0.3) is 25.9 Å². The number of thiophene rings is 1. The number of sulfonamides is 2. The van der Waals surface area contributed by atoms with Gasteiger partial charge in [0.2, 0.25) is 11.7 Å². The fourth-order valence-electron chi connectivity index (χ4n) is 7.69. The second kappa shape index (κ2) is 26.2. The Bertz CT molecular complexity index is 2450. The van der Waals surface area contributed by atoms with Crippen LogP contribution in [0.1, 0.15) is 119 Å². The Hall–Kier alpha value is -4.11. The number of Topliss-reactive ketones (excluding diaryl/α,β-unsaturated/α-hetero) is 5. The molecule has 0 spiro atoms. The summed E-state index contributed by atoms with van der Waals surface area (Å²) in [5, 5.41) is 6.44. The van der Waals surface area contributed by atoms with Gasteiger partial charge in [0.05, 0.1) is 31.4 Å². The van der Waals surface area contributed by atoms with E-state index in [1.54, 1.807) is 20.8 Å². The molecular formula is C46H71N7O14S4. The zero-order valence-electron chi connectivity index (χ0n) is 42.4. The summed E-state index contributed by atoms with van der Waals surface area (Å²) < 4.78 is 80.7. The first-order chi connectivity index (χ1) is 33.1. The third-order valence-corrected chi connectivity index (χ3v) is 18.1. The largest absolute Gasteiger partial charge is 0.470 e. The molecule has 3 N–H and O–H groups in total. The fourth-order valence-corrected chi connectivity index (χ4v) is 12.9. The molecule has 2 aliphatic heterocycles. The molecule has 398 valence electrons. The molecule has 0 bridgehead atoms. The third kappa shape index (κ3) is 17.5. The monoisotopic (exact) mass is 1070 g/mol. The van der Waals surface area contributed by atoms with Crippen molar-refractivity contribution in [2.45, 2.75) is 133 Å². The van der Waals surface area contributed by atoms with E-state index >= 15 is 0 Å². The number of nitrogens with zero attached hydrogens (tertiary/aromatic N) is 4. The lowest BCUT2D eigenvalue weighted by atomic mass is 9.85. The molecule has 21 nitrogen and oxygen atoms in total. The molecule has 71 heavy (non-hydrogen) atoms. The maximum Gasteiger partial charge on any atom is 0.306 e. The highest BCUT2D eigenvalue weighted by Gasteiger charge is 2.39. The van der Waals surface area contributed by atoms with Gasteiger partial charge in [0, 0.05) is 118 Å². The summed E-state index contributed by atoms with van der Waals surface area (Å²) >= 11 is 1.55. The van der Waals surface area contributed by atoms with Crippen LogP contribution in [-0.2, 0) is 63.1 Å². The number of hydrogen-bond donors (Lipinski definition) is 3. The van der Waals surface area contributed by atoms with Crippen molar-refractivity contribution >= 4 is 89.7 Å².